The molecule has 0 nitrogen and oxygen atoms in total. The van der Waals surface area contributed by atoms with Gasteiger partial charge in [0.1, 0.15) is 0 Å². The quantitative estimate of drug-likeness (QED) is 0.282. The Morgan fingerprint density at radius 1 is 0.385 bits per heavy atom. The minimum absolute atomic E-state index is 0.300. The molecule has 26 heavy (non-hydrogen) atoms. The molecular formula is C25H20S. The van der Waals surface area contributed by atoms with Gasteiger partial charge in [0.15, 0.2) is 0 Å². The summed E-state index contributed by atoms with van der Waals surface area (Å²) in [6, 6.07) is 43.1. The maximum atomic E-state index is 2.23. The third-order valence-corrected chi connectivity index (χ3v) is 6.08. The first kappa shape index (κ1) is 16.7. The van der Waals surface area contributed by atoms with Crippen LogP contribution in [0.1, 0.15) is 16.7 Å². The molecule has 4 aromatic carbocycles. The van der Waals surface area contributed by atoms with Crippen molar-refractivity contribution in [2.45, 2.75) is 9.64 Å². The van der Waals surface area contributed by atoms with Crippen LogP contribution in [0.25, 0.3) is 0 Å². The molecule has 4 rings (SSSR count). The van der Waals surface area contributed by atoms with Crippen LogP contribution in [0.5, 0.6) is 0 Å². The van der Waals surface area contributed by atoms with Gasteiger partial charge in [-0.15, -0.1) is 11.8 Å². The van der Waals surface area contributed by atoms with E-state index in [9.17, 15) is 0 Å². The number of benzene rings is 4. The first-order chi connectivity index (χ1) is 12.9. The lowest BCUT2D eigenvalue weighted by Crippen LogP contribution is -2.25. The molecule has 0 radical (unpaired) electrons. The second kappa shape index (κ2) is 7.63. The van der Waals surface area contributed by atoms with Gasteiger partial charge in [0.05, 0.1) is 4.75 Å². The van der Waals surface area contributed by atoms with Crippen LogP contribution in [-0.2, 0) is 4.75 Å². The monoisotopic (exact) mass is 352 g/mol. The van der Waals surface area contributed by atoms with Gasteiger partial charge in [-0.2, -0.15) is 0 Å². The van der Waals surface area contributed by atoms with E-state index in [1.807, 2.05) is 11.8 Å². The highest BCUT2D eigenvalue weighted by Crippen LogP contribution is 2.51. The molecule has 0 bridgehead atoms. The summed E-state index contributed by atoms with van der Waals surface area (Å²) in [5, 5.41) is 0. The largest absolute Gasteiger partial charge is 0.105 e. The SMILES string of the molecule is c1ccc(SC(c2ccccc2)(c2ccccc2)c2ccccc2)cc1. The molecule has 0 fully saturated rings. The highest BCUT2D eigenvalue weighted by molar-refractivity contribution is 8.00. The Morgan fingerprint density at radius 2 is 0.692 bits per heavy atom. The molecule has 0 aliphatic carbocycles. The molecule has 0 heterocycles. The summed E-state index contributed by atoms with van der Waals surface area (Å²) in [5.41, 5.74) is 3.85. The summed E-state index contributed by atoms with van der Waals surface area (Å²) in [5.74, 6) is 0. The van der Waals surface area contributed by atoms with E-state index < -0.39 is 0 Å². The molecule has 0 unspecified atom stereocenters. The Morgan fingerprint density at radius 3 is 1.04 bits per heavy atom. The van der Waals surface area contributed by atoms with Gasteiger partial charge in [-0.3, -0.25) is 0 Å². The van der Waals surface area contributed by atoms with Crippen LogP contribution in [0.4, 0.5) is 0 Å². The second-order valence-corrected chi connectivity index (χ2v) is 7.48. The lowest BCUT2D eigenvalue weighted by Gasteiger charge is -2.35. The minimum Gasteiger partial charge on any atom is -0.105 e. The van der Waals surface area contributed by atoms with Crippen LogP contribution in [0.15, 0.2) is 126 Å². The van der Waals surface area contributed by atoms with Gasteiger partial charge >= 0.3 is 0 Å². The molecule has 1 heteroatoms. The summed E-state index contributed by atoms with van der Waals surface area (Å²) < 4.78 is -0.300. The van der Waals surface area contributed by atoms with Gasteiger partial charge in [0, 0.05) is 4.90 Å². The van der Waals surface area contributed by atoms with Crippen LogP contribution < -0.4 is 0 Å². The van der Waals surface area contributed by atoms with E-state index in [-0.39, 0.29) is 4.75 Å². The third-order valence-electron chi connectivity index (χ3n) is 4.56. The van der Waals surface area contributed by atoms with E-state index in [4.69, 9.17) is 0 Å². The van der Waals surface area contributed by atoms with Gasteiger partial charge in [0.2, 0.25) is 0 Å². The van der Waals surface area contributed by atoms with E-state index in [1.54, 1.807) is 0 Å². The Balaban J connectivity index is 2.00. The van der Waals surface area contributed by atoms with E-state index in [0.29, 0.717) is 0 Å². The van der Waals surface area contributed by atoms with Gasteiger partial charge in [0.25, 0.3) is 0 Å². The number of thioether (sulfide) groups is 1. The van der Waals surface area contributed by atoms with Crippen molar-refractivity contribution >= 4 is 11.8 Å². The smallest absolute Gasteiger partial charge is 0.0954 e. The lowest BCUT2D eigenvalue weighted by atomic mass is 9.84. The highest BCUT2D eigenvalue weighted by atomic mass is 32.2. The third kappa shape index (κ3) is 3.18. The van der Waals surface area contributed by atoms with Crippen molar-refractivity contribution < 1.29 is 0 Å². The molecule has 126 valence electrons. The summed E-state index contributed by atoms with van der Waals surface area (Å²) in [7, 11) is 0. The maximum Gasteiger partial charge on any atom is 0.0954 e. The predicted molar refractivity (Wildman–Crippen MR) is 112 cm³/mol. The van der Waals surface area contributed by atoms with Crippen molar-refractivity contribution in [3.8, 4) is 0 Å². The first-order valence-corrected chi connectivity index (χ1v) is 9.62. The minimum atomic E-state index is -0.300. The van der Waals surface area contributed by atoms with Crippen LogP contribution >= 0.6 is 11.8 Å². The highest BCUT2D eigenvalue weighted by Gasteiger charge is 2.37. The summed E-state index contributed by atoms with van der Waals surface area (Å²) >= 11 is 1.90. The van der Waals surface area contributed by atoms with Gasteiger partial charge in [-0.25, -0.2) is 0 Å². The van der Waals surface area contributed by atoms with Crippen molar-refractivity contribution in [3.05, 3.63) is 138 Å². The van der Waals surface area contributed by atoms with Gasteiger partial charge < -0.3 is 0 Å². The first-order valence-electron chi connectivity index (χ1n) is 8.80. The van der Waals surface area contributed by atoms with E-state index in [2.05, 4.69) is 121 Å². The van der Waals surface area contributed by atoms with Crippen molar-refractivity contribution in [1.29, 1.82) is 0 Å². The van der Waals surface area contributed by atoms with Crippen LogP contribution in [0.2, 0.25) is 0 Å². The molecule has 0 amide bonds. The fraction of sp³-hybridized carbons (Fsp3) is 0.0400. The van der Waals surface area contributed by atoms with Crippen molar-refractivity contribution in [3.63, 3.8) is 0 Å². The predicted octanol–water partition coefficient (Wildman–Crippen LogP) is 6.77. The van der Waals surface area contributed by atoms with Crippen LogP contribution in [-0.4, -0.2) is 0 Å². The zero-order valence-corrected chi connectivity index (χ0v) is 15.3. The molecule has 0 N–H and O–H groups in total. The molecule has 0 saturated carbocycles. The number of hydrogen-bond donors (Lipinski definition) is 0. The number of hydrogen-bond acceptors (Lipinski definition) is 1. The van der Waals surface area contributed by atoms with Crippen molar-refractivity contribution in [2.24, 2.45) is 0 Å². The van der Waals surface area contributed by atoms with E-state index in [1.165, 1.54) is 21.6 Å². The fourth-order valence-corrected chi connectivity index (χ4v) is 4.77. The fourth-order valence-electron chi connectivity index (χ4n) is 3.36. The molecule has 0 aliphatic heterocycles. The number of rotatable bonds is 5. The zero-order chi connectivity index (χ0) is 17.7. The average molecular weight is 353 g/mol. The summed E-state index contributed by atoms with van der Waals surface area (Å²) in [6.45, 7) is 0. The molecule has 0 aromatic heterocycles. The summed E-state index contributed by atoms with van der Waals surface area (Å²) in [4.78, 5) is 1.25. The van der Waals surface area contributed by atoms with Crippen molar-refractivity contribution in [2.75, 3.05) is 0 Å². The molecule has 0 saturated heterocycles. The molecular weight excluding hydrogens is 332 g/mol. The normalized spacial score (nSPS) is 11.2. The Hall–Kier alpha value is -2.77. The Kier molecular flexibility index (Phi) is 4.90. The average Bonchev–Trinajstić information content (AvgIpc) is 2.75. The molecule has 0 spiro atoms. The zero-order valence-electron chi connectivity index (χ0n) is 14.5. The van der Waals surface area contributed by atoms with Gasteiger partial charge in [-0.05, 0) is 28.8 Å². The van der Waals surface area contributed by atoms with Gasteiger partial charge in [-0.1, -0.05) is 109 Å². The molecule has 4 aromatic rings. The second-order valence-electron chi connectivity index (χ2n) is 6.19. The maximum absolute atomic E-state index is 2.23. The van der Waals surface area contributed by atoms with E-state index >= 15 is 0 Å². The van der Waals surface area contributed by atoms with Crippen molar-refractivity contribution in [1.82, 2.24) is 0 Å². The topological polar surface area (TPSA) is 0 Å². The van der Waals surface area contributed by atoms with Crippen LogP contribution in [0, 0.1) is 0 Å². The standard InChI is InChI=1S/C25H20S/c1-5-13-21(14-6-1)25(22-15-7-2-8-16-22,23-17-9-3-10-18-23)26-24-19-11-4-12-20-24/h1-20H. The lowest BCUT2D eigenvalue weighted by molar-refractivity contribution is 0.894. The Labute approximate surface area is 159 Å². The Bertz CT molecular complexity index is 836. The van der Waals surface area contributed by atoms with E-state index in [0.717, 1.165) is 0 Å². The summed E-state index contributed by atoms with van der Waals surface area (Å²) in [6.07, 6.45) is 0. The molecule has 0 aliphatic rings. The molecule has 0 atom stereocenters. The van der Waals surface area contributed by atoms with Crippen LogP contribution in [0.3, 0.4) is 0 Å².